The highest BCUT2D eigenvalue weighted by atomic mass is 16.5. The van der Waals surface area contributed by atoms with Crippen molar-refractivity contribution in [3.05, 3.63) is 60.2 Å². The summed E-state index contributed by atoms with van der Waals surface area (Å²) in [5.74, 6) is -0.0316. The summed E-state index contributed by atoms with van der Waals surface area (Å²) in [6, 6.07) is 14.9. The summed E-state index contributed by atoms with van der Waals surface area (Å²) < 4.78 is 10.2. The minimum absolute atomic E-state index is 0.105. The first-order chi connectivity index (χ1) is 15.0. The van der Waals surface area contributed by atoms with Gasteiger partial charge in [0, 0.05) is 20.2 Å². The molecule has 8 heteroatoms. The van der Waals surface area contributed by atoms with E-state index < -0.39 is 11.9 Å². The number of likely N-dealkylation sites (tertiary alicyclic amines) is 1. The normalized spacial score (nSPS) is 20.8. The Labute approximate surface area is 180 Å². The molecule has 2 aliphatic heterocycles. The smallest absolute Gasteiger partial charge is 0.332 e. The van der Waals surface area contributed by atoms with Gasteiger partial charge in [-0.2, -0.15) is 0 Å². The number of hydrogen-bond acceptors (Lipinski definition) is 5. The summed E-state index contributed by atoms with van der Waals surface area (Å²) in [5, 5.41) is 0. The van der Waals surface area contributed by atoms with Gasteiger partial charge in [0.2, 0.25) is 5.91 Å². The molecule has 0 radical (unpaired) electrons. The van der Waals surface area contributed by atoms with Gasteiger partial charge in [0.1, 0.15) is 18.4 Å². The molecule has 2 heterocycles. The maximum atomic E-state index is 13.5. The SMILES string of the molecule is COCC(=O)N1CCC2C1C(=O)N(c1ccc(OC)cc1)C(=O)N2Cc1ccccc1. The van der Waals surface area contributed by atoms with Crippen molar-refractivity contribution in [3.8, 4) is 5.75 Å². The van der Waals surface area contributed by atoms with Crippen molar-refractivity contribution in [2.24, 2.45) is 0 Å². The van der Waals surface area contributed by atoms with Gasteiger partial charge >= 0.3 is 6.03 Å². The van der Waals surface area contributed by atoms with E-state index in [1.807, 2.05) is 30.3 Å². The average Bonchev–Trinajstić information content (AvgIpc) is 3.24. The Morgan fingerprint density at radius 2 is 1.74 bits per heavy atom. The van der Waals surface area contributed by atoms with Gasteiger partial charge in [0.25, 0.3) is 5.91 Å². The van der Waals surface area contributed by atoms with Gasteiger partial charge < -0.3 is 19.3 Å². The van der Waals surface area contributed by atoms with Crippen LogP contribution in [0, 0.1) is 0 Å². The molecule has 0 aliphatic carbocycles. The second-order valence-corrected chi connectivity index (χ2v) is 7.59. The largest absolute Gasteiger partial charge is 0.497 e. The molecule has 2 aromatic carbocycles. The molecule has 0 aromatic heterocycles. The number of amides is 4. The lowest BCUT2D eigenvalue weighted by Gasteiger charge is -2.43. The fraction of sp³-hybridized carbons (Fsp3) is 0.348. The number of ether oxygens (including phenoxy) is 2. The Hall–Kier alpha value is -3.39. The number of methoxy groups -OCH3 is 2. The van der Waals surface area contributed by atoms with E-state index in [1.165, 1.54) is 16.9 Å². The molecule has 0 N–H and O–H groups in total. The zero-order valence-electron chi connectivity index (χ0n) is 17.6. The van der Waals surface area contributed by atoms with Crippen molar-refractivity contribution < 1.29 is 23.9 Å². The number of imide groups is 1. The van der Waals surface area contributed by atoms with Crippen molar-refractivity contribution in [2.75, 3.05) is 32.3 Å². The first kappa shape index (κ1) is 20.9. The third-order valence-electron chi connectivity index (χ3n) is 5.79. The van der Waals surface area contributed by atoms with Crippen LogP contribution in [0.4, 0.5) is 10.5 Å². The van der Waals surface area contributed by atoms with Crippen LogP contribution in [0.15, 0.2) is 54.6 Å². The van der Waals surface area contributed by atoms with E-state index in [4.69, 9.17) is 9.47 Å². The predicted octanol–water partition coefficient (Wildman–Crippen LogP) is 2.28. The summed E-state index contributed by atoms with van der Waals surface area (Å²) in [6.07, 6.45) is 0.543. The monoisotopic (exact) mass is 423 g/mol. The lowest BCUT2D eigenvalue weighted by atomic mass is 10.0. The number of fused-ring (bicyclic) bond motifs is 1. The Morgan fingerprint density at radius 3 is 2.39 bits per heavy atom. The van der Waals surface area contributed by atoms with Gasteiger partial charge in [-0.1, -0.05) is 30.3 Å². The molecule has 0 saturated carbocycles. The van der Waals surface area contributed by atoms with E-state index in [2.05, 4.69) is 0 Å². The van der Waals surface area contributed by atoms with Crippen LogP contribution < -0.4 is 9.64 Å². The van der Waals surface area contributed by atoms with E-state index in [9.17, 15) is 14.4 Å². The zero-order valence-corrected chi connectivity index (χ0v) is 17.6. The lowest BCUT2D eigenvalue weighted by Crippen LogP contribution is -2.66. The Bertz CT molecular complexity index is 963. The minimum Gasteiger partial charge on any atom is -0.497 e. The van der Waals surface area contributed by atoms with Crippen LogP contribution in [0.25, 0.3) is 0 Å². The predicted molar refractivity (Wildman–Crippen MR) is 114 cm³/mol. The summed E-state index contributed by atoms with van der Waals surface area (Å²) >= 11 is 0. The van der Waals surface area contributed by atoms with E-state index >= 15 is 0 Å². The maximum Gasteiger partial charge on any atom is 0.332 e. The number of anilines is 1. The molecule has 8 nitrogen and oxygen atoms in total. The highest BCUT2D eigenvalue weighted by Gasteiger charge is 2.53. The second kappa shape index (κ2) is 8.77. The Balaban J connectivity index is 1.72. The number of nitrogens with zero attached hydrogens (tertiary/aromatic N) is 3. The van der Waals surface area contributed by atoms with Crippen LogP contribution in [0.3, 0.4) is 0 Å². The average molecular weight is 423 g/mol. The number of hydrogen-bond donors (Lipinski definition) is 0. The summed E-state index contributed by atoms with van der Waals surface area (Å²) in [7, 11) is 3.00. The molecule has 4 rings (SSSR count). The van der Waals surface area contributed by atoms with E-state index in [1.54, 1.807) is 36.3 Å². The van der Waals surface area contributed by atoms with Crippen molar-refractivity contribution >= 4 is 23.5 Å². The van der Waals surface area contributed by atoms with Gasteiger partial charge in [-0.15, -0.1) is 0 Å². The maximum absolute atomic E-state index is 13.5. The minimum atomic E-state index is -0.744. The van der Waals surface area contributed by atoms with Gasteiger partial charge in [0.05, 0.1) is 18.8 Å². The van der Waals surface area contributed by atoms with Crippen molar-refractivity contribution in [3.63, 3.8) is 0 Å². The van der Waals surface area contributed by atoms with Crippen molar-refractivity contribution in [1.82, 2.24) is 9.80 Å². The summed E-state index contributed by atoms with van der Waals surface area (Å²) in [6.45, 7) is 0.650. The van der Waals surface area contributed by atoms with Crippen LogP contribution in [0.1, 0.15) is 12.0 Å². The van der Waals surface area contributed by atoms with Crippen LogP contribution in [0.2, 0.25) is 0 Å². The third kappa shape index (κ3) is 3.86. The Kier molecular flexibility index (Phi) is 5.90. The van der Waals surface area contributed by atoms with Crippen molar-refractivity contribution in [1.29, 1.82) is 0 Å². The number of rotatable bonds is 6. The van der Waals surface area contributed by atoms with Gasteiger partial charge in [-0.25, -0.2) is 9.69 Å². The lowest BCUT2D eigenvalue weighted by molar-refractivity contribution is -0.141. The Morgan fingerprint density at radius 1 is 1.03 bits per heavy atom. The zero-order chi connectivity index (χ0) is 22.0. The third-order valence-corrected chi connectivity index (χ3v) is 5.79. The fourth-order valence-corrected chi connectivity index (χ4v) is 4.32. The molecule has 2 unspecified atom stereocenters. The summed E-state index contributed by atoms with van der Waals surface area (Å²) in [4.78, 5) is 44.1. The molecule has 2 aliphatic rings. The quantitative estimate of drug-likeness (QED) is 0.712. The van der Waals surface area contributed by atoms with Crippen LogP contribution in [-0.2, 0) is 20.9 Å². The highest BCUT2D eigenvalue weighted by molar-refractivity contribution is 6.19. The molecule has 0 spiro atoms. The molecule has 2 atom stereocenters. The van der Waals surface area contributed by atoms with E-state index in [-0.39, 0.29) is 24.6 Å². The van der Waals surface area contributed by atoms with Gasteiger partial charge in [0.15, 0.2) is 0 Å². The number of urea groups is 1. The highest BCUT2D eigenvalue weighted by Crippen LogP contribution is 2.34. The molecule has 162 valence electrons. The second-order valence-electron chi connectivity index (χ2n) is 7.59. The van der Waals surface area contributed by atoms with E-state index in [0.29, 0.717) is 30.9 Å². The molecule has 2 aromatic rings. The van der Waals surface area contributed by atoms with Crippen molar-refractivity contribution in [2.45, 2.75) is 25.0 Å². The fourth-order valence-electron chi connectivity index (χ4n) is 4.32. The first-order valence-electron chi connectivity index (χ1n) is 10.2. The topological polar surface area (TPSA) is 79.4 Å². The molecular weight excluding hydrogens is 398 g/mol. The van der Waals surface area contributed by atoms with Gasteiger partial charge in [-0.05, 0) is 36.2 Å². The molecule has 2 fully saturated rings. The molecule has 0 bridgehead atoms. The summed E-state index contributed by atoms with van der Waals surface area (Å²) in [5.41, 5.74) is 1.40. The van der Waals surface area contributed by atoms with E-state index in [0.717, 1.165) is 5.56 Å². The standard InChI is InChI=1S/C23H25N3O5/c1-30-15-20(27)24-13-12-19-21(24)22(28)26(17-8-10-18(31-2)11-9-17)23(29)25(19)14-16-6-4-3-5-7-16/h3-11,19,21H,12-15H2,1-2H3. The molecule has 4 amide bonds. The number of benzene rings is 2. The molecular formula is C23H25N3O5. The molecule has 2 saturated heterocycles. The van der Waals surface area contributed by atoms with Crippen LogP contribution in [-0.4, -0.2) is 67.1 Å². The first-order valence-corrected chi connectivity index (χ1v) is 10.2. The van der Waals surface area contributed by atoms with Crippen LogP contribution >= 0.6 is 0 Å². The van der Waals surface area contributed by atoms with Gasteiger partial charge in [-0.3, -0.25) is 9.59 Å². The number of carbonyl (C=O) groups is 3. The molecule has 31 heavy (non-hydrogen) atoms. The van der Waals surface area contributed by atoms with Crippen LogP contribution in [0.5, 0.6) is 5.75 Å². The number of carbonyl (C=O) groups excluding carboxylic acids is 3.